The van der Waals surface area contributed by atoms with E-state index in [4.69, 9.17) is 0 Å². The highest BCUT2D eigenvalue weighted by Crippen LogP contribution is 2.41. The van der Waals surface area contributed by atoms with Gasteiger partial charge in [-0.2, -0.15) is 5.10 Å². The minimum absolute atomic E-state index is 0.00998. The lowest BCUT2D eigenvalue weighted by Gasteiger charge is -2.43. The van der Waals surface area contributed by atoms with Crippen LogP contribution >= 0.6 is 0 Å². The van der Waals surface area contributed by atoms with Gasteiger partial charge in [-0.15, -0.1) is 0 Å². The predicted molar refractivity (Wildman–Crippen MR) is 135 cm³/mol. The number of carbonyl (C=O) groups excluding carboxylic acids is 2. The van der Waals surface area contributed by atoms with E-state index in [1.165, 1.54) is 28.8 Å². The van der Waals surface area contributed by atoms with Gasteiger partial charge in [-0.25, -0.2) is 18.2 Å². The summed E-state index contributed by atoms with van der Waals surface area (Å²) < 4.78 is 45.6. The lowest BCUT2D eigenvalue weighted by atomic mass is 9.77. The second kappa shape index (κ2) is 9.43. The van der Waals surface area contributed by atoms with E-state index < -0.39 is 29.1 Å². The second-order valence-electron chi connectivity index (χ2n) is 11.4. The summed E-state index contributed by atoms with van der Waals surface area (Å²) in [4.78, 5) is 35.0. The number of H-pyrrole nitrogens is 1. The molecule has 1 unspecified atom stereocenters. The molecule has 1 aromatic carbocycles. The fourth-order valence-electron chi connectivity index (χ4n) is 5.67. The van der Waals surface area contributed by atoms with Crippen LogP contribution in [0.1, 0.15) is 80.3 Å². The Morgan fingerprint density at radius 2 is 1.82 bits per heavy atom. The normalized spacial score (nSPS) is 24.6. The molecule has 2 aromatic heterocycles. The third kappa shape index (κ3) is 4.90. The van der Waals surface area contributed by atoms with Crippen LogP contribution < -0.4 is 5.32 Å². The number of aryl methyl sites for hydroxylation is 1. The number of rotatable bonds is 6. The van der Waals surface area contributed by atoms with Crippen molar-refractivity contribution in [2.45, 2.75) is 69.8 Å². The summed E-state index contributed by atoms with van der Waals surface area (Å²) in [6, 6.07) is 4.18. The summed E-state index contributed by atoms with van der Waals surface area (Å²) in [6.07, 6.45) is 3.28. The van der Waals surface area contributed by atoms with Gasteiger partial charge in [0.05, 0.1) is 30.6 Å². The topological polar surface area (TPSA) is 95.9 Å². The molecule has 2 amide bonds. The Balaban J connectivity index is 1.45. The molecule has 2 fully saturated rings. The number of benzene rings is 1. The highest BCUT2D eigenvalue weighted by atomic mass is 19.1. The number of alkyl halides is 2. The van der Waals surface area contributed by atoms with Gasteiger partial charge in [-0.1, -0.05) is 6.07 Å². The van der Waals surface area contributed by atoms with E-state index in [0.717, 1.165) is 0 Å². The Hall–Kier alpha value is -3.37. The molecular weight excluding hydrogens is 497 g/mol. The number of aromatic amines is 1. The van der Waals surface area contributed by atoms with Crippen LogP contribution in [-0.4, -0.2) is 60.9 Å². The molecule has 38 heavy (non-hydrogen) atoms. The molecule has 0 spiro atoms. The van der Waals surface area contributed by atoms with Gasteiger partial charge in [0.2, 0.25) is 5.91 Å². The lowest BCUT2D eigenvalue weighted by Crippen LogP contribution is -2.60. The van der Waals surface area contributed by atoms with Crippen molar-refractivity contribution < 1.29 is 22.8 Å². The maximum Gasteiger partial charge on any atom is 0.270 e. The summed E-state index contributed by atoms with van der Waals surface area (Å²) >= 11 is 0. The van der Waals surface area contributed by atoms with E-state index >= 15 is 4.39 Å². The first-order valence-corrected chi connectivity index (χ1v) is 13.0. The number of carbonyl (C=O) groups is 2. The minimum atomic E-state index is -1.41. The molecular formula is C27H33F3N6O2. The van der Waals surface area contributed by atoms with Crippen LogP contribution in [-0.2, 0) is 11.8 Å². The number of nitrogens with one attached hydrogen (secondary N) is 2. The quantitative estimate of drug-likeness (QED) is 0.491. The number of imidazole rings is 1. The van der Waals surface area contributed by atoms with Crippen molar-refractivity contribution >= 4 is 22.8 Å². The first-order valence-electron chi connectivity index (χ1n) is 13.0. The van der Waals surface area contributed by atoms with E-state index in [9.17, 15) is 18.4 Å². The van der Waals surface area contributed by atoms with E-state index in [2.05, 4.69) is 20.4 Å². The van der Waals surface area contributed by atoms with Gasteiger partial charge in [0.1, 0.15) is 28.4 Å². The van der Waals surface area contributed by atoms with E-state index in [1.807, 2.05) is 0 Å². The van der Waals surface area contributed by atoms with Crippen molar-refractivity contribution in [3.8, 4) is 0 Å². The number of hydrogen-bond donors (Lipinski definition) is 2. The summed E-state index contributed by atoms with van der Waals surface area (Å²) in [5, 5.41) is 7.06. The third-order valence-electron chi connectivity index (χ3n) is 8.01. The molecule has 2 aliphatic rings. The fraction of sp³-hybridized carbons (Fsp3) is 0.556. The second-order valence-corrected chi connectivity index (χ2v) is 11.4. The first kappa shape index (κ1) is 26.2. The predicted octanol–water partition coefficient (Wildman–Crippen LogP) is 4.50. The smallest absolute Gasteiger partial charge is 0.270 e. The largest absolute Gasteiger partial charge is 0.340 e. The number of likely N-dealkylation sites (tertiary alicyclic amines) is 1. The minimum Gasteiger partial charge on any atom is -0.340 e. The molecule has 11 heteroatoms. The Bertz CT molecular complexity index is 1360. The SMILES string of the molecule is CC(C(=O)N1CC(C)(F)C1)c1ccc2[nH]c([C@@H](NC(=O)c3ccnn3C)C3CCC(C)(F)CC3)nc2c1F. The molecule has 3 heterocycles. The van der Waals surface area contributed by atoms with Crippen LogP contribution in [0.4, 0.5) is 13.2 Å². The van der Waals surface area contributed by atoms with Gasteiger partial charge in [0.25, 0.3) is 5.91 Å². The summed E-state index contributed by atoms with van der Waals surface area (Å²) in [5.74, 6) is -1.89. The Morgan fingerprint density at radius 1 is 1.13 bits per heavy atom. The zero-order valence-electron chi connectivity index (χ0n) is 22.0. The summed E-state index contributed by atoms with van der Waals surface area (Å²) in [6.45, 7) is 4.60. The average Bonchev–Trinajstić information content (AvgIpc) is 3.47. The van der Waals surface area contributed by atoms with Gasteiger partial charge in [-0.3, -0.25) is 14.3 Å². The summed E-state index contributed by atoms with van der Waals surface area (Å²) in [5.41, 5.74) is -1.67. The van der Waals surface area contributed by atoms with Crippen molar-refractivity contribution in [2.75, 3.05) is 13.1 Å². The molecule has 5 rings (SSSR count). The fourth-order valence-corrected chi connectivity index (χ4v) is 5.67. The van der Waals surface area contributed by atoms with Crippen LogP contribution in [0.3, 0.4) is 0 Å². The maximum absolute atomic E-state index is 15.7. The van der Waals surface area contributed by atoms with Crippen molar-refractivity contribution in [3.05, 3.63) is 47.3 Å². The highest BCUT2D eigenvalue weighted by molar-refractivity contribution is 5.92. The molecule has 8 nitrogen and oxygen atoms in total. The molecule has 1 aliphatic heterocycles. The number of amides is 2. The van der Waals surface area contributed by atoms with Gasteiger partial charge < -0.3 is 15.2 Å². The van der Waals surface area contributed by atoms with Crippen molar-refractivity contribution in [3.63, 3.8) is 0 Å². The van der Waals surface area contributed by atoms with Crippen molar-refractivity contribution in [2.24, 2.45) is 13.0 Å². The average molecular weight is 531 g/mol. The summed E-state index contributed by atoms with van der Waals surface area (Å²) in [7, 11) is 1.66. The number of hydrogen-bond acceptors (Lipinski definition) is 4. The third-order valence-corrected chi connectivity index (χ3v) is 8.01. The molecule has 0 bridgehead atoms. The van der Waals surface area contributed by atoms with Gasteiger partial charge in [-0.05, 0) is 64.5 Å². The van der Waals surface area contributed by atoms with E-state index in [1.54, 1.807) is 33.0 Å². The maximum atomic E-state index is 15.7. The number of aromatic nitrogens is 4. The zero-order valence-corrected chi connectivity index (χ0v) is 22.0. The molecule has 1 aliphatic carbocycles. The van der Waals surface area contributed by atoms with Gasteiger partial charge >= 0.3 is 0 Å². The number of fused-ring (bicyclic) bond motifs is 1. The van der Waals surface area contributed by atoms with Crippen LogP contribution in [0, 0.1) is 11.7 Å². The molecule has 0 radical (unpaired) electrons. The van der Waals surface area contributed by atoms with Crippen LogP contribution in [0.2, 0.25) is 0 Å². The van der Waals surface area contributed by atoms with Crippen LogP contribution in [0.25, 0.3) is 11.0 Å². The number of nitrogens with zero attached hydrogens (tertiary/aromatic N) is 4. The van der Waals surface area contributed by atoms with Crippen LogP contribution in [0.15, 0.2) is 24.4 Å². The standard InChI is InChI=1S/C27H33F3N6O2/c1-15(25(38)36-13-27(3,30)14-36)17-5-6-18-22(20(17)28)33-23(32-18)21(16-7-10-26(2,29)11-8-16)34-24(37)19-9-12-31-35(19)4/h5-6,9,12,15-16,21H,7-8,10-11,13-14H2,1-4H3,(H,32,33)(H,34,37)/t15?,16?,21-,26?/m0/s1. The first-order chi connectivity index (χ1) is 17.8. The molecule has 204 valence electrons. The lowest BCUT2D eigenvalue weighted by molar-refractivity contribution is -0.145. The Morgan fingerprint density at radius 3 is 2.42 bits per heavy atom. The number of halogens is 3. The molecule has 1 saturated carbocycles. The van der Waals surface area contributed by atoms with E-state index in [0.29, 0.717) is 42.7 Å². The Labute approximate surface area is 219 Å². The molecule has 2 atom stereocenters. The molecule has 2 N–H and O–H groups in total. The highest BCUT2D eigenvalue weighted by Gasteiger charge is 2.43. The van der Waals surface area contributed by atoms with Gasteiger partial charge in [0, 0.05) is 18.8 Å². The van der Waals surface area contributed by atoms with Crippen molar-refractivity contribution in [1.82, 2.24) is 30.0 Å². The van der Waals surface area contributed by atoms with Crippen molar-refractivity contribution in [1.29, 1.82) is 0 Å². The molecule has 3 aromatic rings. The van der Waals surface area contributed by atoms with Gasteiger partial charge in [0.15, 0.2) is 5.82 Å². The van der Waals surface area contributed by atoms with Crippen LogP contribution in [0.5, 0.6) is 0 Å². The zero-order chi connectivity index (χ0) is 27.4. The molecule has 1 saturated heterocycles. The van der Waals surface area contributed by atoms with E-state index in [-0.39, 0.29) is 41.9 Å². The monoisotopic (exact) mass is 530 g/mol. The Kier molecular flexibility index (Phi) is 6.51.